The molecule has 9 heteroatoms. The van der Waals surface area contributed by atoms with Crippen molar-refractivity contribution in [1.29, 1.82) is 0 Å². The number of rotatable bonds is 10. The van der Waals surface area contributed by atoms with Crippen LogP contribution >= 0.6 is 0 Å². The number of carbonyl (C=O) groups is 1. The third-order valence-corrected chi connectivity index (χ3v) is 7.67. The molecule has 1 unspecified atom stereocenters. The first-order chi connectivity index (χ1) is 15.8. The van der Waals surface area contributed by atoms with Crippen LogP contribution in [0.15, 0.2) is 53.4 Å². The maximum Gasteiger partial charge on any atom is 0.344 e. The number of hydrogen-bond donors (Lipinski definition) is 2. The van der Waals surface area contributed by atoms with Crippen LogP contribution in [0.1, 0.15) is 25.3 Å². The summed E-state index contributed by atoms with van der Waals surface area (Å²) in [6.45, 7) is 5.26. The predicted octanol–water partition coefficient (Wildman–Crippen LogP) is 2.23. The van der Waals surface area contributed by atoms with Crippen LogP contribution in [0.3, 0.4) is 0 Å². The van der Waals surface area contributed by atoms with E-state index in [1.54, 1.807) is 6.92 Å². The van der Waals surface area contributed by atoms with Gasteiger partial charge in [-0.3, -0.25) is 10.6 Å². The summed E-state index contributed by atoms with van der Waals surface area (Å²) in [5.74, 6) is 4.66. The number of ether oxygens (including phenoxy) is 2. The number of carboxylic acids is 1. The van der Waals surface area contributed by atoms with Crippen molar-refractivity contribution >= 4 is 15.8 Å². The lowest BCUT2D eigenvalue weighted by atomic mass is 10.1. The minimum atomic E-state index is -4.49. The Balaban J connectivity index is 1.77. The molecule has 3 rings (SSSR count). The summed E-state index contributed by atoms with van der Waals surface area (Å²) in [6.07, 6.45) is 2.39. The van der Waals surface area contributed by atoms with E-state index >= 15 is 0 Å². The molecule has 0 aliphatic carbocycles. The molecule has 1 atom stereocenters. The molecule has 176 valence electrons. The molecule has 1 aliphatic heterocycles. The molecule has 8 nitrogen and oxygen atoms in total. The number of aliphatic carboxylic acids is 1. The van der Waals surface area contributed by atoms with Gasteiger partial charge in [-0.05, 0) is 74.8 Å². The van der Waals surface area contributed by atoms with Gasteiger partial charge in [-0.2, -0.15) is 0 Å². The van der Waals surface area contributed by atoms with Gasteiger partial charge in [-0.1, -0.05) is 18.1 Å². The molecular weight excluding hydrogens is 444 g/mol. The largest absolute Gasteiger partial charge is 0.492 e. The monoisotopic (exact) mass is 472 g/mol. The zero-order valence-corrected chi connectivity index (χ0v) is 19.3. The van der Waals surface area contributed by atoms with E-state index in [9.17, 15) is 18.3 Å². The van der Waals surface area contributed by atoms with E-state index in [2.05, 4.69) is 16.7 Å². The number of nitrogens with two attached hydrogens (primary N) is 1. The van der Waals surface area contributed by atoms with Crippen LogP contribution in [0, 0.1) is 11.8 Å². The first-order valence-electron chi connectivity index (χ1n) is 10.6. The highest BCUT2D eigenvalue weighted by atomic mass is 32.2. The van der Waals surface area contributed by atoms with Crippen LogP contribution in [0.2, 0.25) is 0 Å². The fourth-order valence-electron chi connectivity index (χ4n) is 3.58. The van der Waals surface area contributed by atoms with Gasteiger partial charge in [-0.25, -0.2) is 13.2 Å². The van der Waals surface area contributed by atoms with Gasteiger partial charge in [0, 0.05) is 6.54 Å². The lowest BCUT2D eigenvalue weighted by Gasteiger charge is -2.25. The second-order valence-electron chi connectivity index (χ2n) is 7.65. The van der Waals surface area contributed by atoms with Gasteiger partial charge in [0.2, 0.25) is 14.7 Å². The zero-order valence-electron chi connectivity index (χ0n) is 18.5. The number of benzene rings is 2. The highest BCUT2D eigenvalue weighted by molar-refractivity contribution is 7.93. The quantitative estimate of drug-likeness (QED) is 0.505. The molecule has 2 aromatic carbocycles. The summed E-state index contributed by atoms with van der Waals surface area (Å²) < 4.78 is 37.6. The molecule has 0 amide bonds. The van der Waals surface area contributed by atoms with Crippen molar-refractivity contribution in [2.75, 3.05) is 32.8 Å². The van der Waals surface area contributed by atoms with Crippen molar-refractivity contribution in [2.24, 2.45) is 5.73 Å². The van der Waals surface area contributed by atoms with Crippen LogP contribution < -0.4 is 15.2 Å². The first kappa shape index (κ1) is 24.6. The summed E-state index contributed by atoms with van der Waals surface area (Å²) in [5.41, 5.74) is 5.99. The van der Waals surface area contributed by atoms with E-state index in [-0.39, 0.29) is 17.1 Å². The fraction of sp³-hybridized carbons (Fsp3) is 0.375. The van der Waals surface area contributed by atoms with Crippen molar-refractivity contribution in [2.45, 2.75) is 29.5 Å². The Morgan fingerprint density at radius 2 is 1.64 bits per heavy atom. The molecule has 1 aliphatic rings. The molecule has 0 spiro atoms. The van der Waals surface area contributed by atoms with Gasteiger partial charge >= 0.3 is 5.97 Å². The Morgan fingerprint density at radius 1 is 1.06 bits per heavy atom. The second kappa shape index (κ2) is 10.7. The summed E-state index contributed by atoms with van der Waals surface area (Å²) in [7, 11) is -4.49. The van der Waals surface area contributed by atoms with Crippen molar-refractivity contribution < 1.29 is 27.8 Å². The Kier molecular flexibility index (Phi) is 7.97. The van der Waals surface area contributed by atoms with Crippen LogP contribution in [-0.4, -0.2) is 57.2 Å². The first-order valence-corrected chi connectivity index (χ1v) is 12.1. The number of hydrogen-bond acceptors (Lipinski definition) is 7. The number of likely N-dealkylation sites (tertiary alicyclic amines) is 1. The Labute approximate surface area is 194 Å². The van der Waals surface area contributed by atoms with Crippen LogP contribution in [-0.2, 0) is 19.5 Å². The average molecular weight is 473 g/mol. The number of nitrogens with zero attached hydrogens (tertiary/aromatic N) is 1. The Hall–Kier alpha value is -3.06. The summed E-state index contributed by atoms with van der Waals surface area (Å²) in [5, 5.41) is 9.83. The van der Waals surface area contributed by atoms with Crippen LogP contribution in [0.4, 0.5) is 0 Å². The SMILES string of the molecule is CC#CCOc1ccc(S(=O)(=O)C(N)(C(=O)O)c2ccc(OCCN3CCCC3)cc2)cc1. The molecule has 0 aromatic heterocycles. The molecule has 1 heterocycles. The van der Waals surface area contributed by atoms with Crippen molar-refractivity contribution in [1.82, 2.24) is 4.90 Å². The maximum absolute atomic E-state index is 13.3. The van der Waals surface area contributed by atoms with E-state index in [1.165, 1.54) is 61.4 Å². The summed E-state index contributed by atoms with van der Waals surface area (Å²) in [4.78, 5) is 11.5. The van der Waals surface area contributed by atoms with Crippen LogP contribution in [0.5, 0.6) is 11.5 Å². The minimum absolute atomic E-state index is 0.0690. The molecule has 0 bridgehead atoms. The van der Waals surface area contributed by atoms with Crippen molar-refractivity contribution in [3.63, 3.8) is 0 Å². The Bertz CT molecular complexity index is 1110. The second-order valence-corrected chi connectivity index (χ2v) is 9.77. The van der Waals surface area contributed by atoms with E-state index in [4.69, 9.17) is 15.2 Å². The standard InChI is InChI=1S/C24H28N2O6S/c1-2-3-17-31-21-10-12-22(13-11-21)33(29,30)24(25,23(27)28)19-6-8-20(9-7-19)32-18-16-26-14-4-5-15-26/h6-13H,4-5,14-18,25H2,1H3,(H,27,28). The molecule has 1 saturated heterocycles. The predicted molar refractivity (Wildman–Crippen MR) is 124 cm³/mol. The minimum Gasteiger partial charge on any atom is -0.492 e. The lowest BCUT2D eigenvalue weighted by Crippen LogP contribution is -2.51. The van der Waals surface area contributed by atoms with E-state index in [1.807, 2.05) is 0 Å². The molecule has 1 fully saturated rings. The Morgan fingerprint density at radius 3 is 2.21 bits per heavy atom. The molecule has 0 radical (unpaired) electrons. The number of sulfone groups is 1. The van der Waals surface area contributed by atoms with Crippen molar-refractivity contribution in [3.05, 3.63) is 54.1 Å². The van der Waals surface area contributed by atoms with E-state index in [0.717, 1.165) is 19.6 Å². The molecule has 33 heavy (non-hydrogen) atoms. The maximum atomic E-state index is 13.3. The van der Waals surface area contributed by atoms with Crippen LogP contribution in [0.25, 0.3) is 0 Å². The smallest absolute Gasteiger partial charge is 0.344 e. The van der Waals surface area contributed by atoms with E-state index in [0.29, 0.717) is 18.1 Å². The normalized spacial score (nSPS) is 15.8. The number of carboxylic acid groups (broad SMARTS) is 1. The highest BCUT2D eigenvalue weighted by Gasteiger charge is 2.50. The molecule has 0 saturated carbocycles. The molecule has 3 N–H and O–H groups in total. The van der Waals surface area contributed by atoms with Crippen molar-refractivity contribution in [3.8, 4) is 23.3 Å². The molecular formula is C24H28N2O6S. The topological polar surface area (TPSA) is 119 Å². The third kappa shape index (κ3) is 5.47. The average Bonchev–Trinajstić information content (AvgIpc) is 3.33. The summed E-state index contributed by atoms with van der Waals surface area (Å²) >= 11 is 0. The van der Waals surface area contributed by atoms with Gasteiger partial charge in [0.1, 0.15) is 24.7 Å². The zero-order chi connectivity index (χ0) is 23.9. The van der Waals surface area contributed by atoms with Gasteiger partial charge in [-0.15, -0.1) is 5.92 Å². The fourth-order valence-corrected chi connectivity index (χ4v) is 5.13. The highest BCUT2D eigenvalue weighted by Crippen LogP contribution is 2.33. The van der Waals surface area contributed by atoms with Gasteiger partial charge < -0.3 is 14.6 Å². The lowest BCUT2D eigenvalue weighted by molar-refractivity contribution is -0.140. The third-order valence-electron chi connectivity index (χ3n) is 5.52. The van der Waals surface area contributed by atoms with E-state index < -0.39 is 20.7 Å². The van der Waals surface area contributed by atoms with Gasteiger partial charge in [0.25, 0.3) is 0 Å². The molecule has 2 aromatic rings. The summed E-state index contributed by atoms with van der Waals surface area (Å²) in [6, 6.07) is 11.2. The van der Waals surface area contributed by atoms with Gasteiger partial charge in [0.15, 0.2) is 0 Å². The van der Waals surface area contributed by atoms with Gasteiger partial charge in [0.05, 0.1) is 4.90 Å².